The molecule has 0 bridgehead atoms. The van der Waals surface area contributed by atoms with Crippen molar-refractivity contribution >= 4 is 35.3 Å². The maximum absolute atomic E-state index is 2.66. The molecule has 0 radical (unpaired) electrons. The molecular formula is C82H158S3. The van der Waals surface area contributed by atoms with Gasteiger partial charge in [-0.3, -0.25) is 0 Å². The van der Waals surface area contributed by atoms with Crippen molar-refractivity contribution in [2.24, 2.45) is 0 Å². The number of rotatable bonds is 75. The Labute approximate surface area is 552 Å². The molecule has 3 heteroatoms. The minimum atomic E-state index is 1.25. The highest BCUT2D eigenvalue weighted by molar-refractivity contribution is 8.03. The van der Waals surface area contributed by atoms with Crippen LogP contribution in [0.1, 0.15) is 470 Å². The molecule has 0 aliphatic carbocycles. The van der Waals surface area contributed by atoms with Crippen LogP contribution >= 0.6 is 35.3 Å². The van der Waals surface area contributed by atoms with Crippen LogP contribution in [-0.4, -0.2) is 17.3 Å². The first kappa shape index (κ1) is 83.3. The summed E-state index contributed by atoms with van der Waals surface area (Å²) in [6.45, 7) is 9.34. The van der Waals surface area contributed by atoms with E-state index >= 15 is 0 Å². The van der Waals surface area contributed by atoms with Crippen LogP contribution in [0.5, 0.6) is 0 Å². The van der Waals surface area contributed by atoms with Gasteiger partial charge in [0.2, 0.25) is 0 Å². The lowest BCUT2D eigenvalue weighted by atomic mass is 10.0. The van der Waals surface area contributed by atoms with Crippen molar-refractivity contribution in [3.05, 3.63) is 17.7 Å². The second kappa shape index (κ2) is 73.3. The summed E-state index contributed by atoms with van der Waals surface area (Å²) in [6, 6.07) is 5.31. The SMILES string of the molecule is CCCCCCCCCCCCCCCCCCCCCCCCSc1cc(CCCC)cc(SCCCCCCCCCCCCCCCCCCCCCCCC)c1SCCCCCCCCCCCCCCCCCCCCCCCC. The lowest BCUT2D eigenvalue weighted by Crippen LogP contribution is -1.95. The van der Waals surface area contributed by atoms with Gasteiger partial charge in [0.25, 0.3) is 0 Å². The van der Waals surface area contributed by atoms with Gasteiger partial charge in [0.05, 0.1) is 0 Å². The summed E-state index contributed by atoms with van der Waals surface area (Å²) in [5.41, 5.74) is 1.61. The van der Waals surface area contributed by atoms with Gasteiger partial charge >= 0.3 is 0 Å². The molecule has 0 saturated heterocycles. The molecule has 0 atom stereocenters. The fourth-order valence-electron chi connectivity index (χ4n) is 13.2. The molecule has 0 spiro atoms. The first-order chi connectivity index (χ1) is 42.3. The Balaban J connectivity index is 2.41. The largest absolute Gasteiger partial charge is 0.125 e. The molecule has 0 aliphatic rings. The Hall–Kier alpha value is 0.270. The molecule has 504 valence electrons. The van der Waals surface area contributed by atoms with E-state index in [2.05, 4.69) is 75.1 Å². The van der Waals surface area contributed by atoms with Crippen molar-refractivity contribution in [2.45, 2.75) is 485 Å². The maximum atomic E-state index is 2.66. The molecular weight excluding hydrogens is 1080 g/mol. The first-order valence-electron chi connectivity index (χ1n) is 40.3. The Kier molecular flexibility index (Phi) is 71.8. The minimum Gasteiger partial charge on any atom is -0.125 e. The van der Waals surface area contributed by atoms with E-state index in [0.29, 0.717) is 0 Å². The Morgan fingerprint density at radius 1 is 0.176 bits per heavy atom. The van der Waals surface area contributed by atoms with Crippen LogP contribution in [0.15, 0.2) is 26.8 Å². The summed E-state index contributed by atoms with van der Waals surface area (Å²) in [4.78, 5) is 4.94. The molecule has 1 aromatic carbocycles. The van der Waals surface area contributed by atoms with E-state index < -0.39 is 0 Å². The molecule has 0 fully saturated rings. The molecule has 0 unspecified atom stereocenters. The second-order valence-corrected chi connectivity index (χ2v) is 31.2. The third-order valence-corrected chi connectivity index (χ3v) is 22.9. The van der Waals surface area contributed by atoms with E-state index in [1.54, 1.807) is 20.2 Å². The van der Waals surface area contributed by atoms with Gasteiger partial charge in [-0.2, -0.15) is 0 Å². The summed E-state index contributed by atoms with van der Waals surface area (Å²) in [5.74, 6) is 3.90. The molecule has 0 aromatic heterocycles. The maximum Gasteiger partial charge on any atom is 0.0344 e. The van der Waals surface area contributed by atoms with Gasteiger partial charge in [-0.25, -0.2) is 0 Å². The number of unbranched alkanes of at least 4 members (excludes halogenated alkanes) is 64. The average molecular weight is 1240 g/mol. The summed E-state index contributed by atoms with van der Waals surface area (Å²) in [6.07, 6.45) is 100. The third kappa shape index (κ3) is 62.8. The van der Waals surface area contributed by atoms with Crippen molar-refractivity contribution < 1.29 is 0 Å². The van der Waals surface area contributed by atoms with Gasteiger partial charge in [-0.15, -0.1) is 35.3 Å². The molecule has 0 saturated carbocycles. The van der Waals surface area contributed by atoms with Crippen LogP contribution in [-0.2, 0) is 6.42 Å². The molecule has 0 nitrogen and oxygen atoms in total. The zero-order valence-corrected chi connectivity index (χ0v) is 61.7. The predicted octanol–water partition coefficient (Wildman–Crippen LogP) is 32.1. The lowest BCUT2D eigenvalue weighted by molar-refractivity contribution is 0.520. The monoisotopic (exact) mass is 1240 g/mol. The standard InChI is InChI=1S/C82H158S3/c1-5-9-13-16-19-22-25-28-31-34-37-40-43-46-49-52-55-58-61-64-67-70-74-83-80-77-79(73-12-8-4)78-81(84-75-71-68-65-62-59-56-53-50-47-44-41-38-35-32-29-26-23-20-17-14-10-6-2)82(80)85-76-72-69-66-63-60-57-54-51-48-45-42-39-36-33-30-27-24-21-18-15-11-7-3/h77-78H,5-76H2,1-4H3. The summed E-state index contributed by atoms with van der Waals surface area (Å²) >= 11 is 6.70. The molecule has 0 amide bonds. The summed E-state index contributed by atoms with van der Waals surface area (Å²) < 4.78 is 0. The van der Waals surface area contributed by atoms with Gasteiger partial charge < -0.3 is 0 Å². The van der Waals surface area contributed by atoms with Crippen LogP contribution in [0.25, 0.3) is 0 Å². The van der Waals surface area contributed by atoms with Crippen molar-refractivity contribution in [3.63, 3.8) is 0 Å². The summed E-state index contributed by atoms with van der Waals surface area (Å²) in [5, 5.41) is 0. The van der Waals surface area contributed by atoms with Crippen molar-refractivity contribution in [3.8, 4) is 0 Å². The highest BCUT2D eigenvalue weighted by Crippen LogP contribution is 2.41. The molecule has 1 aromatic rings. The molecule has 0 heterocycles. The molecule has 0 N–H and O–H groups in total. The zero-order valence-electron chi connectivity index (χ0n) is 59.3. The quantitative estimate of drug-likeness (QED) is 0.0471. The van der Waals surface area contributed by atoms with E-state index in [-0.39, 0.29) is 0 Å². The minimum absolute atomic E-state index is 1.25. The second-order valence-electron chi connectivity index (χ2n) is 27.8. The van der Waals surface area contributed by atoms with Gasteiger partial charge in [-0.1, -0.05) is 439 Å². The number of hydrogen-bond acceptors (Lipinski definition) is 3. The van der Waals surface area contributed by atoms with E-state index in [1.165, 1.54) is 460 Å². The van der Waals surface area contributed by atoms with E-state index in [0.717, 1.165) is 0 Å². The Morgan fingerprint density at radius 2 is 0.329 bits per heavy atom. The fraction of sp³-hybridized carbons (Fsp3) is 0.927. The van der Waals surface area contributed by atoms with Crippen molar-refractivity contribution in [2.75, 3.05) is 17.3 Å². The number of benzene rings is 1. The van der Waals surface area contributed by atoms with E-state index in [4.69, 9.17) is 0 Å². The number of thioether (sulfide) groups is 3. The van der Waals surface area contributed by atoms with Gasteiger partial charge in [-0.05, 0) is 67.1 Å². The summed E-state index contributed by atoms with van der Waals surface area (Å²) in [7, 11) is 0. The van der Waals surface area contributed by atoms with Crippen LogP contribution in [0.3, 0.4) is 0 Å². The normalized spacial score (nSPS) is 11.8. The predicted molar refractivity (Wildman–Crippen MR) is 399 cm³/mol. The smallest absolute Gasteiger partial charge is 0.0344 e. The van der Waals surface area contributed by atoms with Gasteiger partial charge in [0.15, 0.2) is 0 Å². The average Bonchev–Trinajstić information content (AvgIpc) is 3.67. The number of hydrogen-bond donors (Lipinski definition) is 0. The van der Waals surface area contributed by atoms with Gasteiger partial charge in [0.1, 0.15) is 0 Å². The molecule has 0 aliphatic heterocycles. The topological polar surface area (TPSA) is 0 Å². The van der Waals surface area contributed by atoms with Gasteiger partial charge in [0, 0.05) is 14.7 Å². The van der Waals surface area contributed by atoms with E-state index in [1.807, 2.05) is 0 Å². The van der Waals surface area contributed by atoms with Crippen LogP contribution in [0, 0.1) is 0 Å². The third-order valence-electron chi connectivity index (χ3n) is 19.2. The highest BCUT2D eigenvalue weighted by atomic mass is 32.2. The molecule has 85 heavy (non-hydrogen) atoms. The van der Waals surface area contributed by atoms with Crippen LogP contribution in [0.2, 0.25) is 0 Å². The van der Waals surface area contributed by atoms with E-state index in [9.17, 15) is 0 Å². The number of aryl methyl sites for hydroxylation is 1. The van der Waals surface area contributed by atoms with Crippen LogP contribution < -0.4 is 0 Å². The highest BCUT2D eigenvalue weighted by Gasteiger charge is 2.14. The Bertz CT molecular complexity index is 1300. The zero-order chi connectivity index (χ0) is 60.8. The molecule has 1 rings (SSSR count). The lowest BCUT2D eigenvalue weighted by Gasteiger charge is -2.17. The fourth-order valence-corrected chi connectivity index (χ4v) is 17.0. The van der Waals surface area contributed by atoms with Crippen molar-refractivity contribution in [1.29, 1.82) is 0 Å². The van der Waals surface area contributed by atoms with Crippen LogP contribution in [0.4, 0.5) is 0 Å². The Morgan fingerprint density at radius 3 is 0.506 bits per heavy atom. The first-order valence-corrected chi connectivity index (χ1v) is 43.3. The van der Waals surface area contributed by atoms with Crippen molar-refractivity contribution in [1.82, 2.24) is 0 Å².